The molecule has 0 saturated carbocycles. The number of hydrogen-bond acceptors (Lipinski definition) is 5. The Bertz CT molecular complexity index is 829. The number of aromatic nitrogens is 4. The Balaban J connectivity index is 1.40. The van der Waals surface area contributed by atoms with Crippen LogP contribution in [0.1, 0.15) is 29.4 Å². The Morgan fingerprint density at radius 3 is 1.97 bits per heavy atom. The predicted molar refractivity (Wildman–Crippen MR) is 105 cm³/mol. The quantitative estimate of drug-likeness (QED) is 0.663. The van der Waals surface area contributed by atoms with Crippen molar-refractivity contribution in [2.75, 3.05) is 32.7 Å². The average Bonchev–Trinajstić information content (AvgIpc) is 3.26. The predicted octanol–water partition coefficient (Wildman–Crippen LogP) is 2.82. The minimum atomic E-state index is -0.252. The van der Waals surface area contributed by atoms with Gasteiger partial charge in [0.2, 0.25) is 0 Å². The molecule has 152 valence electrons. The smallest absolute Gasteiger partial charge is 0.174 e. The van der Waals surface area contributed by atoms with Crippen molar-refractivity contribution < 1.29 is 8.78 Å². The van der Waals surface area contributed by atoms with Crippen LogP contribution in [0.5, 0.6) is 0 Å². The molecule has 2 aromatic carbocycles. The molecule has 0 amide bonds. The highest BCUT2D eigenvalue weighted by molar-refractivity contribution is 5.32. The zero-order valence-corrected chi connectivity index (χ0v) is 16.1. The van der Waals surface area contributed by atoms with Gasteiger partial charge in [0.05, 0.1) is 6.04 Å². The number of H-pyrrole nitrogens is 1. The first-order valence-electron chi connectivity index (χ1n) is 9.89. The molecule has 0 spiro atoms. The maximum Gasteiger partial charge on any atom is 0.174 e. The number of piperazine rings is 1. The monoisotopic (exact) mass is 398 g/mol. The number of benzene rings is 2. The second-order valence-electron chi connectivity index (χ2n) is 7.31. The summed E-state index contributed by atoms with van der Waals surface area (Å²) in [6.07, 6.45) is 1.80. The van der Waals surface area contributed by atoms with Gasteiger partial charge in [-0.3, -0.25) is 4.90 Å². The van der Waals surface area contributed by atoms with Crippen LogP contribution in [0.2, 0.25) is 0 Å². The summed E-state index contributed by atoms with van der Waals surface area (Å²) in [5, 5.41) is 14.0. The number of rotatable bonds is 7. The topological polar surface area (TPSA) is 60.9 Å². The van der Waals surface area contributed by atoms with Crippen molar-refractivity contribution in [1.29, 1.82) is 0 Å². The van der Waals surface area contributed by atoms with Gasteiger partial charge in [0.25, 0.3) is 0 Å². The molecule has 1 aliphatic heterocycles. The Kier molecular flexibility index (Phi) is 6.21. The zero-order valence-electron chi connectivity index (χ0n) is 16.1. The summed E-state index contributed by atoms with van der Waals surface area (Å²) in [7, 11) is 0. The molecule has 4 rings (SSSR count). The summed E-state index contributed by atoms with van der Waals surface area (Å²) < 4.78 is 26.9. The number of aromatic amines is 1. The maximum atomic E-state index is 13.4. The first-order chi connectivity index (χ1) is 14.2. The Hall–Kier alpha value is -2.71. The van der Waals surface area contributed by atoms with E-state index in [-0.39, 0.29) is 17.7 Å². The van der Waals surface area contributed by atoms with E-state index in [1.807, 2.05) is 24.3 Å². The van der Waals surface area contributed by atoms with E-state index < -0.39 is 0 Å². The molecule has 1 fully saturated rings. The first-order valence-corrected chi connectivity index (χ1v) is 9.89. The number of aryl methyl sites for hydroxylation is 1. The summed E-state index contributed by atoms with van der Waals surface area (Å²) in [6.45, 7) is 4.67. The lowest BCUT2D eigenvalue weighted by atomic mass is 9.96. The zero-order chi connectivity index (χ0) is 20.1. The van der Waals surface area contributed by atoms with Crippen LogP contribution < -0.4 is 0 Å². The van der Waals surface area contributed by atoms with Gasteiger partial charge in [0.1, 0.15) is 11.6 Å². The van der Waals surface area contributed by atoms with Crippen LogP contribution in [-0.2, 0) is 6.42 Å². The molecule has 0 unspecified atom stereocenters. The third-order valence-electron chi connectivity index (χ3n) is 5.41. The van der Waals surface area contributed by atoms with Crippen LogP contribution in [0.4, 0.5) is 8.78 Å². The lowest BCUT2D eigenvalue weighted by Crippen LogP contribution is -2.48. The number of nitrogens with zero attached hydrogens (tertiary/aromatic N) is 5. The highest BCUT2D eigenvalue weighted by Gasteiger charge is 2.26. The third kappa shape index (κ3) is 5.02. The lowest BCUT2D eigenvalue weighted by molar-refractivity contribution is 0.108. The molecule has 8 heteroatoms. The van der Waals surface area contributed by atoms with Crippen molar-refractivity contribution in [3.05, 3.63) is 77.1 Å². The van der Waals surface area contributed by atoms with Gasteiger partial charge in [-0.15, -0.1) is 10.2 Å². The average molecular weight is 398 g/mol. The second kappa shape index (κ2) is 9.19. The molecule has 3 aromatic rings. The fourth-order valence-corrected chi connectivity index (χ4v) is 3.90. The van der Waals surface area contributed by atoms with Gasteiger partial charge in [-0.25, -0.2) is 8.78 Å². The van der Waals surface area contributed by atoms with Crippen LogP contribution in [0.25, 0.3) is 0 Å². The van der Waals surface area contributed by atoms with E-state index >= 15 is 0 Å². The molecule has 1 N–H and O–H groups in total. The Morgan fingerprint density at radius 1 is 0.862 bits per heavy atom. The molecular weight excluding hydrogens is 374 g/mol. The van der Waals surface area contributed by atoms with Gasteiger partial charge in [-0.05, 0) is 48.4 Å². The van der Waals surface area contributed by atoms with Gasteiger partial charge in [0.15, 0.2) is 5.82 Å². The number of halogens is 2. The van der Waals surface area contributed by atoms with Crippen molar-refractivity contribution in [2.24, 2.45) is 0 Å². The molecule has 1 saturated heterocycles. The fraction of sp³-hybridized carbons (Fsp3) is 0.381. The van der Waals surface area contributed by atoms with E-state index in [9.17, 15) is 8.78 Å². The molecule has 6 nitrogen and oxygen atoms in total. The highest BCUT2D eigenvalue weighted by Crippen LogP contribution is 2.30. The maximum absolute atomic E-state index is 13.4. The number of hydrogen-bond donors (Lipinski definition) is 1. The SMILES string of the molecule is Fc1ccc(C(c2ccc(F)cc2)N2CCN(CCCc3nn[nH]n3)CC2)cc1. The Labute approximate surface area is 168 Å². The van der Waals surface area contributed by atoms with Gasteiger partial charge in [-0.1, -0.05) is 29.5 Å². The largest absolute Gasteiger partial charge is 0.301 e. The van der Waals surface area contributed by atoms with E-state index in [2.05, 4.69) is 30.4 Å². The number of tetrazole rings is 1. The van der Waals surface area contributed by atoms with Crippen molar-refractivity contribution in [2.45, 2.75) is 18.9 Å². The molecule has 2 heterocycles. The Morgan fingerprint density at radius 2 is 1.45 bits per heavy atom. The summed E-state index contributed by atoms with van der Waals surface area (Å²) in [4.78, 5) is 4.82. The van der Waals surface area contributed by atoms with Crippen LogP contribution in [0.15, 0.2) is 48.5 Å². The molecule has 0 bridgehead atoms. The highest BCUT2D eigenvalue weighted by atomic mass is 19.1. The molecule has 1 aliphatic rings. The molecule has 0 atom stereocenters. The van der Waals surface area contributed by atoms with E-state index in [4.69, 9.17) is 0 Å². The van der Waals surface area contributed by atoms with Crippen molar-refractivity contribution >= 4 is 0 Å². The van der Waals surface area contributed by atoms with Crippen LogP contribution in [0, 0.1) is 11.6 Å². The van der Waals surface area contributed by atoms with E-state index in [0.29, 0.717) is 0 Å². The molecule has 0 aliphatic carbocycles. The number of nitrogens with one attached hydrogen (secondary N) is 1. The lowest BCUT2D eigenvalue weighted by Gasteiger charge is -2.39. The minimum Gasteiger partial charge on any atom is -0.301 e. The fourth-order valence-electron chi connectivity index (χ4n) is 3.90. The molecule has 0 radical (unpaired) electrons. The summed E-state index contributed by atoms with van der Waals surface area (Å²) in [5.41, 5.74) is 2.03. The first kappa shape index (κ1) is 19.6. The summed E-state index contributed by atoms with van der Waals surface area (Å²) in [6, 6.07) is 13.2. The van der Waals surface area contributed by atoms with E-state index in [0.717, 1.165) is 62.5 Å². The van der Waals surface area contributed by atoms with Crippen molar-refractivity contribution in [3.8, 4) is 0 Å². The standard InChI is InChI=1S/C21H24F2N6/c22-18-7-3-16(4-8-18)21(17-5-9-19(23)10-6-17)29-14-12-28(13-15-29)11-1-2-20-24-26-27-25-20/h3-10,21H,1-2,11-15H2,(H,24,25,26,27). The summed E-state index contributed by atoms with van der Waals surface area (Å²) >= 11 is 0. The molecule has 29 heavy (non-hydrogen) atoms. The van der Waals surface area contributed by atoms with Crippen molar-refractivity contribution in [1.82, 2.24) is 30.4 Å². The van der Waals surface area contributed by atoms with Crippen LogP contribution >= 0.6 is 0 Å². The second-order valence-corrected chi connectivity index (χ2v) is 7.31. The van der Waals surface area contributed by atoms with E-state index in [1.54, 1.807) is 0 Å². The van der Waals surface area contributed by atoms with Gasteiger partial charge < -0.3 is 4.90 Å². The van der Waals surface area contributed by atoms with Gasteiger partial charge in [0, 0.05) is 32.6 Å². The summed E-state index contributed by atoms with van der Waals surface area (Å²) in [5.74, 6) is 0.243. The van der Waals surface area contributed by atoms with E-state index in [1.165, 1.54) is 24.3 Å². The minimum absolute atomic E-state index is 0.0160. The molecular formula is C21H24F2N6. The third-order valence-corrected chi connectivity index (χ3v) is 5.41. The van der Waals surface area contributed by atoms with Gasteiger partial charge >= 0.3 is 0 Å². The van der Waals surface area contributed by atoms with Gasteiger partial charge in [-0.2, -0.15) is 5.21 Å². The normalized spacial score (nSPS) is 15.8. The van der Waals surface area contributed by atoms with Crippen molar-refractivity contribution in [3.63, 3.8) is 0 Å². The van der Waals surface area contributed by atoms with Crippen LogP contribution in [0.3, 0.4) is 0 Å². The van der Waals surface area contributed by atoms with Crippen LogP contribution in [-0.4, -0.2) is 63.1 Å². The molecule has 1 aromatic heterocycles.